The Labute approximate surface area is 178 Å². The second-order valence-corrected chi connectivity index (χ2v) is 6.61. The number of hydrogen-bond acceptors (Lipinski definition) is 5. The van der Waals surface area contributed by atoms with E-state index < -0.39 is 35.0 Å². The van der Waals surface area contributed by atoms with Crippen molar-refractivity contribution in [3.63, 3.8) is 0 Å². The van der Waals surface area contributed by atoms with Crippen LogP contribution in [0.2, 0.25) is 0 Å². The number of nitrogen functional groups attached to an aromatic ring is 1. The highest BCUT2D eigenvalue weighted by Crippen LogP contribution is 2.29. The Morgan fingerprint density at radius 1 is 0.906 bits per heavy atom. The molecule has 160 valence electrons. The molecule has 0 fully saturated rings. The summed E-state index contributed by atoms with van der Waals surface area (Å²) in [7, 11) is 0. The van der Waals surface area contributed by atoms with Crippen molar-refractivity contribution in [3.05, 3.63) is 90.1 Å². The average Bonchev–Trinajstić information content (AvgIpc) is 2.74. The van der Waals surface area contributed by atoms with Crippen LogP contribution < -0.4 is 11.1 Å². The molecule has 0 spiro atoms. The minimum absolute atomic E-state index is 0.0468. The van der Waals surface area contributed by atoms with Crippen molar-refractivity contribution in [1.82, 2.24) is 15.0 Å². The maximum absolute atomic E-state index is 14.1. The van der Waals surface area contributed by atoms with Crippen LogP contribution in [0.25, 0.3) is 22.4 Å². The molecular weight excluding hydrogens is 426 g/mol. The van der Waals surface area contributed by atoms with Crippen LogP contribution in [0.1, 0.15) is 10.5 Å². The number of hydrogen-bond donors (Lipinski definition) is 2. The minimum Gasteiger partial charge on any atom is -0.397 e. The summed E-state index contributed by atoms with van der Waals surface area (Å²) in [4.78, 5) is 23.8. The summed E-state index contributed by atoms with van der Waals surface area (Å²) in [5.74, 6) is -4.61. The van der Waals surface area contributed by atoms with Gasteiger partial charge in [-0.2, -0.15) is 13.8 Å². The largest absolute Gasteiger partial charge is 0.397 e. The summed E-state index contributed by atoms with van der Waals surface area (Å²) in [5.41, 5.74) is 5.43. The number of nitrogens with one attached hydrogen (secondary N) is 1. The Balaban J connectivity index is 1.72. The maximum atomic E-state index is 14.1. The molecule has 6 nitrogen and oxygen atoms in total. The van der Waals surface area contributed by atoms with Gasteiger partial charge in [0.05, 0.1) is 28.8 Å². The third kappa shape index (κ3) is 4.10. The first kappa shape index (κ1) is 20.9. The van der Waals surface area contributed by atoms with Crippen molar-refractivity contribution in [2.24, 2.45) is 0 Å². The second-order valence-electron chi connectivity index (χ2n) is 6.61. The fourth-order valence-electron chi connectivity index (χ4n) is 3.08. The molecule has 1 aromatic carbocycles. The van der Waals surface area contributed by atoms with Crippen LogP contribution >= 0.6 is 0 Å². The molecule has 0 unspecified atom stereocenters. The van der Waals surface area contributed by atoms with Crippen molar-refractivity contribution in [3.8, 4) is 22.4 Å². The van der Waals surface area contributed by atoms with E-state index in [0.29, 0.717) is 0 Å². The molecule has 0 aliphatic carbocycles. The molecule has 0 atom stereocenters. The van der Waals surface area contributed by atoms with Gasteiger partial charge in [-0.25, -0.2) is 13.8 Å². The summed E-state index contributed by atoms with van der Waals surface area (Å²) in [6, 6.07) is 9.31. The lowest BCUT2D eigenvalue weighted by Crippen LogP contribution is -2.17. The molecule has 0 bridgehead atoms. The van der Waals surface area contributed by atoms with E-state index in [0.717, 1.165) is 24.3 Å². The molecule has 0 radical (unpaired) electrons. The van der Waals surface area contributed by atoms with E-state index in [9.17, 15) is 22.4 Å². The van der Waals surface area contributed by atoms with Gasteiger partial charge >= 0.3 is 0 Å². The van der Waals surface area contributed by atoms with Crippen LogP contribution in [-0.4, -0.2) is 20.9 Å². The smallest absolute Gasteiger partial charge is 0.276 e. The van der Waals surface area contributed by atoms with E-state index in [1.807, 2.05) is 0 Å². The fourth-order valence-corrected chi connectivity index (χ4v) is 3.08. The predicted molar refractivity (Wildman–Crippen MR) is 109 cm³/mol. The zero-order valence-corrected chi connectivity index (χ0v) is 16.1. The fraction of sp³-hybridized carbons (Fsp3) is 0. The maximum Gasteiger partial charge on any atom is 0.276 e. The molecule has 0 aliphatic rings. The van der Waals surface area contributed by atoms with Crippen LogP contribution in [0, 0.1) is 23.5 Å². The number of carbonyl (C=O) groups excluding carboxylic acids is 1. The zero-order valence-electron chi connectivity index (χ0n) is 16.1. The molecule has 32 heavy (non-hydrogen) atoms. The lowest BCUT2D eigenvalue weighted by molar-refractivity contribution is 0.102. The van der Waals surface area contributed by atoms with Gasteiger partial charge in [0.2, 0.25) is 11.9 Å². The Morgan fingerprint density at radius 2 is 1.59 bits per heavy atom. The van der Waals surface area contributed by atoms with Crippen molar-refractivity contribution in [2.75, 3.05) is 11.1 Å². The zero-order chi connectivity index (χ0) is 22.8. The van der Waals surface area contributed by atoms with Crippen LogP contribution in [-0.2, 0) is 0 Å². The number of nitrogens with zero attached hydrogens (tertiary/aromatic N) is 3. The quantitative estimate of drug-likeness (QED) is 0.358. The highest BCUT2D eigenvalue weighted by molar-refractivity contribution is 6.08. The summed E-state index contributed by atoms with van der Waals surface area (Å²) in [6.45, 7) is 0. The Kier molecular flexibility index (Phi) is 5.50. The molecule has 4 aromatic rings. The number of anilines is 2. The number of halogens is 4. The van der Waals surface area contributed by atoms with E-state index >= 15 is 0 Å². The third-order valence-electron chi connectivity index (χ3n) is 4.50. The minimum atomic E-state index is -1.04. The van der Waals surface area contributed by atoms with Gasteiger partial charge in [0.25, 0.3) is 5.91 Å². The van der Waals surface area contributed by atoms with Gasteiger partial charge in [-0.15, -0.1) is 0 Å². The molecule has 0 aliphatic heterocycles. The molecule has 10 heteroatoms. The topological polar surface area (TPSA) is 93.8 Å². The van der Waals surface area contributed by atoms with Crippen LogP contribution in [0.15, 0.2) is 60.9 Å². The molecule has 0 saturated heterocycles. The van der Waals surface area contributed by atoms with Crippen molar-refractivity contribution >= 4 is 17.3 Å². The van der Waals surface area contributed by atoms with Gasteiger partial charge in [0, 0.05) is 23.9 Å². The van der Waals surface area contributed by atoms with Gasteiger partial charge in [-0.3, -0.25) is 9.78 Å². The van der Waals surface area contributed by atoms with Crippen molar-refractivity contribution < 1.29 is 22.4 Å². The average molecular weight is 439 g/mol. The van der Waals surface area contributed by atoms with E-state index in [4.69, 9.17) is 5.73 Å². The number of nitrogens with two attached hydrogens (primary N) is 1. The summed E-state index contributed by atoms with van der Waals surface area (Å²) in [5, 5.41) is 2.52. The summed E-state index contributed by atoms with van der Waals surface area (Å²) >= 11 is 0. The van der Waals surface area contributed by atoms with Crippen LogP contribution in [0.4, 0.5) is 28.9 Å². The van der Waals surface area contributed by atoms with Gasteiger partial charge in [0.15, 0.2) is 5.69 Å². The Morgan fingerprint density at radius 3 is 2.28 bits per heavy atom. The molecule has 3 aromatic heterocycles. The number of aromatic nitrogens is 3. The number of pyridine rings is 3. The first-order chi connectivity index (χ1) is 15.3. The molecule has 0 saturated carbocycles. The molecule has 3 N–H and O–H groups in total. The Hall–Kier alpha value is -4.34. The SMILES string of the molecule is Nc1ccc(-c2c(F)cccc2F)nc1C(=O)Nc1cnccc1-c1cc(F)nc(F)c1. The van der Waals surface area contributed by atoms with E-state index in [-0.39, 0.29) is 33.9 Å². The molecular formula is C22H13F4N5O. The Bertz CT molecular complexity index is 1310. The van der Waals surface area contributed by atoms with Gasteiger partial charge in [0.1, 0.15) is 11.6 Å². The first-order valence-electron chi connectivity index (χ1n) is 9.13. The monoisotopic (exact) mass is 439 g/mol. The summed E-state index contributed by atoms with van der Waals surface area (Å²) < 4.78 is 55.4. The number of carbonyl (C=O) groups is 1. The van der Waals surface area contributed by atoms with Gasteiger partial charge in [-0.1, -0.05) is 6.07 Å². The lowest BCUT2D eigenvalue weighted by Gasteiger charge is -2.13. The first-order valence-corrected chi connectivity index (χ1v) is 9.13. The van der Waals surface area contributed by atoms with Crippen LogP contribution in [0.5, 0.6) is 0 Å². The second kappa shape index (κ2) is 8.42. The van der Waals surface area contributed by atoms with Crippen LogP contribution in [0.3, 0.4) is 0 Å². The predicted octanol–water partition coefficient (Wildman–Crippen LogP) is 4.60. The van der Waals surface area contributed by atoms with Gasteiger partial charge < -0.3 is 11.1 Å². The lowest BCUT2D eigenvalue weighted by atomic mass is 10.1. The molecule has 4 rings (SSSR count). The number of amides is 1. The highest BCUT2D eigenvalue weighted by atomic mass is 19.1. The van der Waals surface area contributed by atoms with E-state index in [1.165, 1.54) is 36.7 Å². The third-order valence-corrected chi connectivity index (χ3v) is 4.50. The molecule has 1 amide bonds. The van der Waals surface area contributed by atoms with E-state index in [1.54, 1.807) is 0 Å². The number of benzene rings is 1. The van der Waals surface area contributed by atoms with E-state index in [2.05, 4.69) is 20.3 Å². The normalized spacial score (nSPS) is 10.8. The highest BCUT2D eigenvalue weighted by Gasteiger charge is 2.19. The van der Waals surface area contributed by atoms with Gasteiger partial charge in [-0.05, 0) is 35.9 Å². The standard InChI is InChI=1S/C22H13F4N5O/c23-13-2-1-3-14(24)20(13)16-5-4-15(27)21(29-16)22(32)30-17-10-28-7-6-12(17)11-8-18(25)31-19(26)9-11/h1-10H,27H2,(H,30,32). The number of rotatable bonds is 4. The van der Waals surface area contributed by atoms with Crippen molar-refractivity contribution in [1.29, 1.82) is 0 Å². The molecule has 3 heterocycles. The van der Waals surface area contributed by atoms with Crippen molar-refractivity contribution in [2.45, 2.75) is 0 Å². The summed E-state index contributed by atoms with van der Waals surface area (Å²) in [6.07, 6.45) is 2.63.